The highest BCUT2D eigenvalue weighted by Crippen LogP contribution is 2.30. The lowest BCUT2D eigenvalue weighted by atomic mass is 9.99. The van der Waals surface area contributed by atoms with Crippen LogP contribution in [-0.4, -0.2) is 128 Å². The lowest BCUT2D eigenvalue weighted by Gasteiger charge is -2.29. The minimum Gasteiger partial charge on any atom is -0.481 e. The summed E-state index contributed by atoms with van der Waals surface area (Å²) in [5, 5.41) is 13.9. The lowest BCUT2D eigenvalue weighted by Crippen LogP contribution is -2.32. The van der Waals surface area contributed by atoms with Gasteiger partial charge in [-0.1, -0.05) is 12.5 Å². The Morgan fingerprint density at radius 2 is 1.33 bits per heavy atom. The summed E-state index contributed by atoms with van der Waals surface area (Å²) in [4.78, 5) is 39.2. The van der Waals surface area contributed by atoms with Gasteiger partial charge in [0, 0.05) is 79.6 Å². The molecule has 2 amide bonds. The van der Waals surface area contributed by atoms with E-state index >= 15 is 0 Å². The van der Waals surface area contributed by atoms with Crippen molar-refractivity contribution in [3.63, 3.8) is 0 Å². The van der Waals surface area contributed by atoms with E-state index < -0.39 is 88.6 Å². The maximum Gasteiger partial charge on any atom is 0.303 e. The molecule has 2 rings (SSSR count). The number of hydrogen-bond acceptors (Lipinski definition) is 12. The maximum absolute atomic E-state index is 13.4. The minimum absolute atomic E-state index is 0.0290. The number of rotatable bonds is 24. The fraction of sp³-hybridized carbons (Fsp3) is 0.444. The Hall–Kier alpha value is -4.56. The predicted molar refractivity (Wildman–Crippen MR) is 223 cm³/mol. The van der Waals surface area contributed by atoms with Gasteiger partial charge in [0.25, 0.3) is 52.3 Å². The Morgan fingerprint density at radius 1 is 0.750 bits per heavy atom. The fourth-order valence-electron chi connectivity index (χ4n) is 5.83. The van der Waals surface area contributed by atoms with Crippen LogP contribution >= 0.6 is 0 Å². The van der Waals surface area contributed by atoms with Gasteiger partial charge in [0.05, 0.1) is 22.2 Å². The summed E-state index contributed by atoms with van der Waals surface area (Å²) in [6, 6.07) is 6.48. The monoisotopic (exact) mass is 923 g/mol. The highest BCUT2D eigenvalue weighted by atomic mass is 32.2. The molecule has 2 aromatic carbocycles. The summed E-state index contributed by atoms with van der Waals surface area (Å²) in [5.41, 5.74) is 2.35. The van der Waals surface area contributed by atoms with Gasteiger partial charge in [-0.15, -0.1) is 0 Å². The first-order chi connectivity index (χ1) is 27.6. The molecule has 0 spiro atoms. The van der Waals surface area contributed by atoms with Crippen LogP contribution in [0.15, 0.2) is 59.2 Å². The van der Waals surface area contributed by atoms with Gasteiger partial charge in [0.15, 0.2) is 5.71 Å². The fourth-order valence-corrected chi connectivity index (χ4v) is 7.61. The first kappa shape index (κ1) is 51.6. The Kier molecular flexibility index (Phi) is 19.2. The molecule has 0 bridgehead atoms. The van der Waals surface area contributed by atoms with Crippen LogP contribution in [0.5, 0.6) is 0 Å². The van der Waals surface area contributed by atoms with E-state index in [0.29, 0.717) is 53.2 Å². The average molecular weight is 924 g/mol. The van der Waals surface area contributed by atoms with Gasteiger partial charge in [0.1, 0.15) is 6.54 Å². The van der Waals surface area contributed by atoms with Crippen LogP contribution < -0.4 is 15.5 Å². The van der Waals surface area contributed by atoms with Crippen LogP contribution in [0.3, 0.4) is 0 Å². The Labute approximate surface area is 350 Å². The molecule has 0 atom stereocenters. The van der Waals surface area contributed by atoms with Gasteiger partial charge in [-0.05, 0) is 69.5 Å². The van der Waals surface area contributed by atoms with Gasteiger partial charge >= 0.3 is 5.97 Å². The largest absolute Gasteiger partial charge is 0.481 e. The van der Waals surface area contributed by atoms with E-state index in [9.17, 15) is 57.2 Å². The Bertz CT molecular complexity index is 2460. The summed E-state index contributed by atoms with van der Waals surface area (Å²) >= 11 is 0. The number of hydrogen-bond donors (Lipinski definition) is 7. The average Bonchev–Trinajstić information content (AvgIpc) is 3.10. The topological polar surface area (TPSA) is 319 Å². The smallest absolute Gasteiger partial charge is 0.303 e. The first-order valence-electron chi connectivity index (χ1n) is 18.2. The molecule has 60 heavy (non-hydrogen) atoms. The molecule has 2 aromatic rings. The highest BCUT2D eigenvalue weighted by molar-refractivity contribution is 7.86. The normalized spacial score (nSPS) is 13.2. The zero-order valence-electron chi connectivity index (χ0n) is 33.4. The molecule has 0 fully saturated rings. The number of anilines is 1. The van der Waals surface area contributed by atoms with E-state index in [2.05, 4.69) is 10.6 Å². The number of carboxylic acid groups (broad SMARTS) is 1. The Balaban J connectivity index is 2.75. The third-order valence-corrected chi connectivity index (χ3v) is 11.9. The molecular weight excluding hydrogens is 873 g/mol. The van der Waals surface area contributed by atoms with E-state index in [4.69, 9.17) is 14.2 Å². The number of carbonyl (C=O) groups excluding carboxylic acids is 2. The van der Waals surface area contributed by atoms with Gasteiger partial charge in [-0.25, -0.2) is 0 Å². The van der Waals surface area contributed by atoms with Crippen LogP contribution in [0.25, 0.3) is 0 Å². The second-order valence-corrected chi connectivity index (χ2v) is 19.8. The maximum atomic E-state index is 13.4. The van der Waals surface area contributed by atoms with E-state index in [1.807, 2.05) is 0 Å². The molecule has 24 heteroatoms. The number of carboxylic acids is 1. The standard InChI is InChI=1S/C36H50N4O16S4/c1-25-22-30(60(54,55)56)13-14-32(25)39(18-9-19-57(45,46)47)26(2)10-8-11-27(3)40(17-7-5-6-12-34(41)42)33-24-29(35(43)37-15-20-58(48,49)50)23-31(28(33)4)36(44)38-16-21-59(51,52)53/h8,10-11,13-14,22-24H,5-7,9,12,15-21H2,1-4H3,(H6-,37,38,41,42,43,44,45,46,47,48,49,50,51,52,53,54,55,56)/p+1. The molecule has 334 valence electrons. The van der Waals surface area contributed by atoms with E-state index in [-0.39, 0.29) is 42.0 Å². The SMILES string of the molecule is CC(=CC=CC(C)=[N+](CCCS(=O)(=O)O)c1ccc(S(=O)(=O)O)cc1C)N(CCCCCC(=O)O)c1cc(C(=O)NCCS(=O)(=O)O)cc(C(=O)NCCS(=O)(=O)O)c1C. The third kappa shape index (κ3) is 18.4. The number of carbonyl (C=O) groups is 3. The van der Waals surface area contributed by atoms with Crippen molar-refractivity contribution in [3.8, 4) is 0 Å². The van der Waals surface area contributed by atoms with Crippen molar-refractivity contribution < 1.29 is 75.9 Å². The molecule has 0 heterocycles. The molecule has 7 N–H and O–H groups in total. The second-order valence-electron chi connectivity index (χ2n) is 13.6. The van der Waals surface area contributed by atoms with Crippen LogP contribution in [-0.2, 0) is 45.3 Å². The number of amides is 2. The predicted octanol–water partition coefficient (Wildman–Crippen LogP) is 2.78. The number of nitrogens with one attached hydrogen (secondary N) is 2. The molecule has 0 saturated carbocycles. The number of nitrogens with zero attached hydrogens (tertiary/aromatic N) is 2. The summed E-state index contributed by atoms with van der Waals surface area (Å²) in [6.07, 6.45) is 6.06. The molecule has 0 aromatic heterocycles. The van der Waals surface area contributed by atoms with Crippen molar-refractivity contribution in [3.05, 3.63) is 76.5 Å². The highest BCUT2D eigenvalue weighted by Gasteiger charge is 2.23. The molecule has 0 saturated heterocycles. The number of allylic oxidation sites excluding steroid dienone is 4. The summed E-state index contributed by atoms with van der Waals surface area (Å²) in [5.74, 6) is -4.80. The van der Waals surface area contributed by atoms with Crippen LogP contribution in [0, 0.1) is 13.8 Å². The zero-order valence-corrected chi connectivity index (χ0v) is 36.6. The number of unbranched alkanes of at least 4 members (excludes halogenated alkanes) is 2. The summed E-state index contributed by atoms with van der Waals surface area (Å²) in [6.45, 7) is 5.84. The van der Waals surface area contributed by atoms with E-state index in [1.165, 1.54) is 30.3 Å². The van der Waals surface area contributed by atoms with Crippen LogP contribution in [0.4, 0.5) is 11.4 Å². The molecule has 0 aliphatic rings. The second kappa shape index (κ2) is 22.3. The Morgan fingerprint density at radius 3 is 1.87 bits per heavy atom. The molecule has 0 unspecified atom stereocenters. The molecule has 0 aliphatic heterocycles. The van der Waals surface area contributed by atoms with Crippen LogP contribution in [0.2, 0.25) is 0 Å². The third-order valence-electron chi connectivity index (χ3n) is 8.81. The number of benzene rings is 2. The molecular formula is C36H51N4O16S4+. The van der Waals surface area contributed by atoms with E-state index in [1.54, 1.807) is 55.4 Å². The van der Waals surface area contributed by atoms with Crippen molar-refractivity contribution in [1.29, 1.82) is 0 Å². The van der Waals surface area contributed by atoms with E-state index in [0.717, 1.165) is 0 Å². The van der Waals surface area contributed by atoms with Crippen LogP contribution in [0.1, 0.15) is 77.8 Å². The minimum atomic E-state index is -4.53. The summed E-state index contributed by atoms with van der Waals surface area (Å²) < 4.78 is 130. The quantitative estimate of drug-likeness (QED) is 0.0262. The van der Waals surface area contributed by atoms with Gasteiger partial charge in [0.2, 0.25) is 5.69 Å². The number of aryl methyl sites for hydroxylation is 1. The molecule has 0 aliphatic carbocycles. The van der Waals surface area contributed by atoms with Crippen molar-refractivity contribution in [2.45, 2.75) is 64.7 Å². The van der Waals surface area contributed by atoms with Gasteiger partial charge < -0.3 is 20.6 Å². The first-order valence-corrected chi connectivity index (χ1v) is 24.5. The summed E-state index contributed by atoms with van der Waals surface area (Å²) in [7, 11) is -17.7. The van der Waals surface area contributed by atoms with Crippen molar-refractivity contribution >= 4 is 75.3 Å². The van der Waals surface area contributed by atoms with Crippen molar-refractivity contribution in [2.75, 3.05) is 48.3 Å². The lowest BCUT2D eigenvalue weighted by molar-refractivity contribution is -0.440. The van der Waals surface area contributed by atoms with Crippen molar-refractivity contribution in [1.82, 2.24) is 10.6 Å². The van der Waals surface area contributed by atoms with Crippen molar-refractivity contribution in [2.24, 2.45) is 0 Å². The van der Waals surface area contributed by atoms with Gasteiger partial charge in [-0.2, -0.15) is 38.2 Å². The van der Waals surface area contributed by atoms with Gasteiger partial charge in [-0.3, -0.25) is 32.6 Å². The zero-order chi connectivity index (χ0) is 45.6. The molecule has 0 radical (unpaired) electrons. The number of aliphatic carboxylic acids is 1. The molecule has 20 nitrogen and oxygen atoms in total.